The smallest absolute Gasteiger partial charge is 0.119 e. The molecule has 0 heterocycles. The van der Waals surface area contributed by atoms with Crippen LogP contribution in [0, 0.1) is 5.92 Å². The van der Waals surface area contributed by atoms with Crippen LogP contribution in [-0.2, 0) is 4.74 Å². The number of rotatable bonds is 6. The van der Waals surface area contributed by atoms with Gasteiger partial charge in [0.15, 0.2) is 0 Å². The number of benzene rings is 1. The topological polar surface area (TPSA) is 38.7 Å². The van der Waals surface area contributed by atoms with Crippen LogP contribution in [0.5, 0.6) is 5.75 Å². The van der Waals surface area contributed by atoms with E-state index in [4.69, 9.17) is 9.47 Å². The average molecular weight is 278 g/mol. The largest absolute Gasteiger partial charge is 0.497 e. The summed E-state index contributed by atoms with van der Waals surface area (Å²) in [5.41, 5.74) is 0.883. The van der Waals surface area contributed by atoms with Crippen molar-refractivity contribution < 1.29 is 14.6 Å². The second-order valence-corrected chi connectivity index (χ2v) is 5.54. The average Bonchev–Trinajstić information content (AvgIpc) is 2.53. The quantitative estimate of drug-likeness (QED) is 0.862. The maximum atomic E-state index is 10.7. The molecule has 112 valence electrons. The Balaban J connectivity index is 2.14. The van der Waals surface area contributed by atoms with E-state index in [-0.39, 0.29) is 6.10 Å². The van der Waals surface area contributed by atoms with Gasteiger partial charge in [-0.3, -0.25) is 0 Å². The molecule has 1 N–H and O–H groups in total. The monoisotopic (exact) mass is 278 g/mol. The van der Waals surface area contributed by atoms with Crippen LogP contribution in [0.4, 0.5) is 0 Å². The highest BCUT2D eigenvalue weighted by atomic mass is 16.5. The molecule has 20 heavy (non-hydrogen) atoms. The lowest BCUT2D eigenvalue weighted by atomic mass is 9.82. The van der Waals surface area contributed by atoms with Crippen LogP contribution in [0.25, 0.3) is 0 Å². The Morgan fingerprint density at radius 1 is 1.25 bits per heavy atom. The molecule has 1 saturated carbocycles. The summed E-state index contributed by atoms with van der Waals surface area (Å²) in [6.45, 7) is 2.64. The van der Waals surface area contributed by atoms with Crippen molar-refractivity contribution in [2.24, 2.45) is 5.92 Å². The minimum absolute atomic E-state index is 0.104. The summed E-state index contributed by atoms with van der Waals surface area (Å²) >= 11 is 0. The lowest BCUT2D eigenvalue weighted by molar-refractivity contribution is -0.0739. The van der Waals surface area contributed by atoms with Gasteiger partial charge in [-0.2, -0.15) is 0 Å². The van der Waals surface area contributed by atoms with Crippen LogP contribution in [0.3, 0.4) is 0 Å². The van der Waals surface area contributed by atoms with E-state index in [9.17, 15) is 5.11 Å². The fourth-order valence-electron chi connectivity index (χ4n) is 3.16. The summed E-state index contributed by atoms with van der Waals surface area (Å²) in [7, 11) is 1.65. The molecule has 0 radical (unpaired) electrons. The molecular formula is C17H26O3. The SMILES string of the molecule is CCOC(C1CCCCC1)C(O)c1cccc(OC)c1. The van der Waals surface area contributed by atoms with Gasteiger partial charge in [0.05, 0.1) is 13.2 Å². The molecule has 1 fully saturated rings. The van der Waals surface area contributed by atoms with E-state index < -0.39 is 6.10 Å². The molecule has 2 atom stereocenters. The molecule has 1 aromatic carbocycles. The van der Waals surface area contributed by atoms with E-state index in [1.807, 2.05) is 31.2 Å². The van der Waals surface area contributed by atoms with Crippen LogP contribution in [0.1, 0.15) is 50.7 Å². The van der Waals surface area contributed by atoms with Crippen molar-refractivity contribution in [3.05, 3.63) is 29.8 Å². The molecule has 0 bridgehead atoms. The molecule has 0 saturated heterocycles. The summed E-state index contributed by atoms with van der Waals surface area (Å²) in [6.07, 6.45) is 5.45. The number of hydrogen-bond acceptors (Lipinski definition) is 3. The molecular weight excluding hydrogens is 252 g/mol. The highest BCUT2D eigenvalue weighted by Crippen LogP contribution is 2.35. The standard InChI is InChI=1S/C17H26O3/c1-3-20-17(13-8-5-4-6-9-13)16(18)14-10-7-11-15(12-14)19-2/h7,10-13,16-18H,3-6,8-9H2,1-2H3. The van der Waals surface area contributed by atoms with Crippen LogP contribution in [-0.4, -0.2) is 24.9 Å². The minimum atomic E-state index is -0.576. The number of aliphatic hydroxyl groups excluding tert-OH is 1. The van der Waals surface area contributed by atoms with E-state index in [0.29, 0.717) is 12.5 Å². The van der Waals surface area contributed by atoms with Crippen molar-refractivity contribution in [3.63, 3.8) is 0 Å². The highest BCUT2D eigenvalue weighted by Gasteiger charge is 2.31. The number of ether oxygens (including phenoxy) is 2. The Morgan fingerprint density at radius 2 is 2.00 bits per heavy atom. The minimum Gasteiger partial charge on any atom is -0.497 e. The van der Waals surface area contributed by atoms with E-state index >= 15 is 0 Å². The second-order valence-electron chi connectivity index (χ2n) is 5.54. The third kappa shape index (κ3) is 3.74. The molecule has 0 amide bonds. The van der Waals surface area contributed by atoms with Gasteiger partial charge in [-0.25, -0.2) is 0 Å². The van der Waals surface area contributed by atoms with Crippen LogP contribution < -0.4 is 4.74 Å². The van der Waals surface area contributed by atoms with Crippen LogP contribution in [0.15, 0.2) is 24.3 Å². The van der Waals surface area contributed by atoms with E-state index in [1.165, 1.54) is 19.3 Å². The Kier molecular flexibility index (Phi) is 5.86. The molecule has 2 unspecified atom stereocenters. The van der Waals surface area contributed by atoms with Crippen molar-refractivity contribution >= 4 is 0 Å². The number of hydrogen-bond donors (Lipinski definition) is 1. The number of methoxy groups -OCH3 is 1. The van der Waals surface area contributed by atoms with E-state index in [2.05, 4.69) is 0 Å². The maximum Gasteiger partial charge on any atom is 0.119 e. The zero-order valence-electron chi connectivity index (χ0n) is 12.5. The first kappa shape index (κ1) is 15.3. The van der Waals surface area contributed by atoms with Crippen LogP contribution in [0.2, 0.25) is 0 Å². The fraction of sp³-hybridized carbons (Fsp3) is 0.647. The van der Waals surface area contributed by atoms with Crippen molar-refractivity contribution in [1.82, 2.24) is 0 Å². The van der Waals surface area contributed by atoms with Gasteiger partial charge in [0, 0.05) is 6.61 Å². The molecule has 3 nitrogen and oxygen atoms in total. The lowest BCUT2D eigenvalue weighted by Crippen LogP contribution is -2.32. The van der Waals surface area contributed by atoms with Crippen molar-refractivity contribution in [3.8, 4) is 5.75 Å². The third-order valence-electron chi connectivity index (χ3n) is 4.22. The summed E-state index contributed by atoms with van der Waals surface area (Å²) in [6, 6.07) is 7.66. The van der Waals surface area contributed by atoms with Gasteiger partial charge in [-0.05, 0) is 43.4 Å². The highest BCUT2D eigenvalue weighted by molar-refractivity contribution is 5.30. The molecule has 0 aromatic heterocycles. The summed E-state index contributed by atoms with van der Waals surface area (Å²) in [5, 5.41) is 10.7. The first-order valence-electron chi connectivity index (χ1n) is 7.70. The Bertz CT molecular complexity index is 399. The predicted octanol–water partition coefficient (Wildman–Crippen LogP) is 3.71. The third-order valence-corrected chi connectivity index (χ3v) is 4.22. The second kappa shape index (κ2) is 7.65. The summed E-state index contributed by atoms with van der Waals surface area (Å²) in [4.78, 5) is 0. The van der Waals surface area contributed by atoms with E-state index in [0.717, 1.165) is 24.2 Å². The maximum absolute atomic E-state index is 10.7. The molecule has 1 aliphatic rings. The number of aliphatic hydroxyl groups is 1. The molecule has 1 aromatic rings. The molecule has 0 spiro atoms. The summed E-state index contributed by atoms with van der Waals surface area (Å²) in [5.74, 6) is 1.24. The molecule has 1 aliphatic carbocycles. The Morgan fingerprint density at radius 3 is 2.65 bits per heavy atom. The van der Waals surface area contributed by atoms with Crippen molar-refractivity contribution in [2.75, 3.05) is 13.7 Å². The first-order chi connectivity index (χ1) is 9.76. The van der Waals surface area contributed by atoms with Gasteiger partial charge in [-0.1, -0.05) is 31.4 Å². The first-order valence-corrected chi connectivity index (χ1v) is 7.70. The van der Waals surface area contributed by atoms with Gasteiger partial charge >= 0.3 is 0 Å². The Hall–Kier alpha value is -1.06. The summed E-state index contributed by atoms with van der Waals surface area (Å²) < 4.78 is 11.1. The van der Waals surface area contributed by atoms with Gasteiger partial charge < -0.3 is 14.6 Å². The van der Waals surface area contributed by atoms with Crippen molar-refractivity contribution in [2.45, 2.75) is 51.2 Å². The molecule has 0 aliphatic heterocycles. The van der Waals surface area contributed by atoms with Crippen molar-refractivity contribution in [1.29, 1.82) is 0 Å². The predicted molar refractivity (Wildman–Crippen MR) is 79.9 cm³/mol. The normalized spacial score (nSPS) is 19.6. The lowest BCUT2D eigenvalue weighted by Gasteiger charge is -2.33. The van der Waals surface area contributed by atoms with Gasteiger partial charge in [-0.15, -0.1) is 0 Å². The van der Waals surface area contributed by atoms with Gasteiger partial charge in [0.25, 0.3) is 0 Å². The van der Waals surface area contributed by atoms with Crippen LogP contribution >= 0.6 is 0 Å². The van der Waals surface area contributed by atoms with Gasteiger partial charge in [0.2, 0.25) is 0 Å². The zero-order chi connectivity index (χ0) is 14.4. The van der Waals surface area contributed by atoms with E-state index in [1.54, 1.807) is 7.11 Å². The van der Waals surface area contributed by atoms with Gasteiger partial charge in [0.1, 0.15) is 11.9 Å². The zero-order valence-corrected chi connectivity index (χ0v) is 12.5. The Labute approximate surface area is 121 Å². The molecule has 2 rings (SSSR count). The fourth-order valence-corrected chi connectivity index (χ4v) is 3.16. The molecule has 3 heteroatoms.